The molecule has 31 heavy (non-hydrogen) atoms. The smallest absolute Gasteiger partial charge is 0.244 e. The third-order valence-electron chi connectivity index (χ3n) is 5.50. The van der Waals surface area contributed by atoms with E-state index in [1.54, 1.807) is 0 Å². The summed E-state index contributed by atoms with van der Waals surface area (Å²) in [5.74, 6) is -1.39. The molecule has 0 spiro atoms. The largest absolute Gasteiger partial charge is 0.369 e. The number of carbonyl (C=O) groups excluding carboxylic acids is 1. The van der Waals surface area contributed by atoms with Gasteiger partial charge in [0.25, 0.3) is 0 Å². The minimum absolute atomic E-state index is 0.488. The Kier molecular flexibility index (Phi) is 7.30. The molecule has 1 amide bonds. The molecular weight excluding hydrogens is 419 g/mol. The van der Waals surface area contributed by atoms with Gasteiger partial charge in [0.2, 0.25) is 15.9 Å². The number of anilines is 2. The molecule has 0 radical (unpaired) electrons. The Labute approximate surface area is 183 Å². The summed E-state index contributed by atoms with van der Waals surface area (Å²) in [4.78, 5) is 16.8. The minimum Gasteiger partial charge on any atom is -0.369 e. The number of halogens is 1. The molecule has 1 aliphatic rings. The van der Waals surface area contributed by atoms with Gasteiger partial charge < -0.3 is 15.1 Å². The highest BCUT2D eigenvalue weighted by Gasteiger charge is 2.25. The molecule has 1 fully saturated rings. The minimum atomic E-state index is -4.16. The molecule has 2 aromatic rings. The number of hydrogen-bond acceptors (Lipinski definition) is 5. The standard InChI is InChI=1S/C22H29FN4O3S/c1-4-26-11-13-27(14-12-26)18-9-10-20(16(2)15-18)24-22(28)17(3)25-31(29,30)21-8-6-5-7-19(21)23/h5-10,15,17,25H,4,11-14H2,1-3H3,(H,24,28)/t17-/m0/s1. The van der Waals surface area contributed by atoms with Crippen molar-refractivity contribution in [2.45, 2.75) is 31.7 Å². The van der Waals surface area contributed by atoms with Crippen LogP contribution in [0.25, 0.3) is 0 Å². The fourth-order valence-corrected chi connectivity index (χ4v) is 4.84. The molecule has 168 valence electrons. The van der Waals surface area contributed by atoms with Gasteiger partial charge in [-0.1, -0.05) is 19.1 Å². The van der Waals surface area contributed by atoms with Crippen LogP contribution in [0.5, 0.6) is 0 Å². The lowest BCUT2D eigenvalue weighted by atomic mass is 10.1. The number of piperazine rings is 1. The molecule has 1 saturated heterocycles. The second kappa shape index (κ2) is 9.76. The first-order valence-corrected chi connectivity index (χ1v) is 11.8. The Bertz CT molecular complexity index is 1040. The van der Waals surface area contributed by atoms with E-state index in [-0.39, 0.29) is 0 Å². The van der Waals surface area contributed by atoms with Crippen molar-refractivity contribution < 1.29 is 17.6 Å². The van der Waals surface area contributed by atoms with Gasteiger partial charge >= 0.3 is 0 Å². The molecule has 0 aliphatic carbocycles. The highest BCUT2D eigenvalue weighted by atomic mass is 32.2. The number of carbonyl (C=O) groups is 1. The summed E-state index contributed by atoms with van der Waals surface area (Å²) in [6.45, 7) is 10.5. The van der Waals surface area contributed by atoms with E-state index in [1.807, 2.05) is 25.1 Å². The van der Waals surface area contributed by atoms with Crippen LogP contribution in [-0.4, -0.2) is 58.0 Å². The van der Waals surface area contributed by atoms with Crippen LogP contribution in [0.2, 0.25) is 0 Å². The normalized spacial score (nSPS) is 16.2. The number of nitrogens with zero attached hydrogens (tertiary/aromatic N) is 2. The van der Waals surface area contributed by atoms with E-state index in [1.165, 1.54) is 19.1 Å². The Morgan fingerprint density at radius 3 is 2.42 bits per heavy atom. The number of benzene rings is 2. The van der Waals surface area contributed by atoms with Crippen LogP contribution in [0, 0.1) is 12.7 Å². The van der Waals surface area contributed by atoms with Crippen LogP contribution in [0.15, 0.2) is 47.4 Å². The summed E-state index contributed by atoms with van der Waals surface area (Å²) in [6.07, 6.45) is 0. The van der Waals surface area contributed by atoms with Crippen LogP contribution in [0.1, 0.15) is 19.4 Å². The van der Waals surface area contributed by atoms with Crippen molar-refractivity contribution in [2.75, 3.05) is 42.9 Å². The van der Waals surface area contributed by atoms with Gasteiger partial charge in [-0.05, 0) is 56.3 Å². The molecule has 1 heterocycles. The molecule has 2 aromatic carbocycles. The third-order valence-corrected chi connectivity index (χ3v) is 7.08. The molecule has 0 saturated carbocycles. The van der Waals surface area contributed by atoms with Crippen molar-refractivity contribution in [3.05, 3.63) is 53.8 Å². The van der Waals surface area contributed by atoms with Crippen molar-refractivity contribution in [3.63, 3.8) is 0 Å². The number of aryl methyl sites for hydroxylation is 1. The maximum Gasteiger partial charge on any atom is 0.244 e. The lowest BCUT2D eigenvalue weighted by Gasteiger charge is -2.35. The monoisotopic (exact) mass is 448 g/mol. The van der Waals surface area contributed by atoms with Gasteiger partial charge in [-0.2, -0.15) is 4.72 Å². The summed E-state index contributed by atoms with van der Waals surface area (Å²) in [5.41, 5.74) is 2.59. The highest BCUT2D eigenvalue weighted by molar-refractivity contribution is 7.89. The number of nitrogens with one attached hydrogen (secondary N) is 2. The summed E-state index contributed by atoms with van der Waals surface area (Å²) in [5, 5.41) is 2.76. The fourth-order valence-electron chi connectivity index (χ4n) is 3.56. The van der Waals surface area contributed by atoms with Crippen molar-refractivity contribution >= 4 is 27.3 Å². The number of likely N-dealkylation sites (N-methyl/N-ethyl adjacent to an activating group) is 1. The van der Waals surface area contributed by atoms with Crippen LogP contribution in [-0.2, 0) is 14.8 Å². The zero-order chi connectivity index (χ0) is 22.6. The maximum absolute atomic E-state index is 13.8. The Morgan fingerprint density at radius 1 is 1.13 bits per heavy atom. The van der Waals surface area contributed by atoms with Crippen molar-refractivity contribution in [2.24, 2.45) is 0 Å². The van der Waals surface area contributed by atoms with Crippen LogP contribution in [0.3, 0.4) is 0 Å². The first kappa shape index (κ1) is 23.2. The number of sulfonamides is 1. The number of amides is 1. The van der Waals surface area contributed by atoms with Gasteiger partial charge in [0.15, 0.2) is 0 Å². The molecule has 3 rings (SSSR count). The van der Waals surface area contributed by atoms with Crippen molar-refractivity contribution in [1.29, 1.82) is 0 Å². The quantitative estimate of drug-likeness (QED) is 0.681. The van der Waals surface area contributed by atoms with Gasteiger partial charge in [-0.25, -0.2) is 12.8 Å². The Balaban J connectivity index is 1.64. The predicted octanol–water partition coefficient (Wildman–Crippen LogP) is 2.58. The second-order valence-electron chi connectivity index (χ2n) is 7.68. The third kappa shape index (κ3) is 5.61. The molecule has 0 unspecified atom stereocenters. The van der Waals surface area contributed by atoms with Gasteiger partial charge in [0, 0.05) is 37.6 Å². The zero-order valence-electron chi connectivity index (χ0n) is 18.1. The van der Waals surface area contributed by atoms with Gasteiger partial charge in [-0.3, -0.25) is 4.79 Å². The summed E-state index contributed by atoms with van der Waals surface area (Å²) >= 11 is 0. The molecular formula is C22H29FN4O3S. The summed E-state index contributed by atoms with van der Waals surface area (Å²) in [7, 11) is -4.16. The Morgan fingerprint density at radius 2 is 1.81 bits per heavy atom. The SMILES string of the molecule is CCN1CCN(c2ccc(NC(=O)[C@H](C)NS(=O)(=O)c3ccccc3F)c(C)c2)CC1. The van der Waals surface area contributed by atoms with E-state index in [9.17, 15) is 17.6 Å². The lowest BCUT2D eigenvalue weighted by molar-refractivity contribution is -0.117. The van der Waals surface area contributed by atoms with Crippen molar-refractivity contribution in [1.82, 2.24) is 9.62 Å². The summed E-state index contributed by atoms with van der Waals surface area (Å²) < 4.78 is 40.9. The molecule has 1 atom stereocenters. The van der Waals surface area contributed by atoms with Crippen LogP contribution < -0.4 is 14.9 Å². The van der Waals surface area contributed by atoms with Gasteiger partial charge in [0.1, 0.15) is 10.7 Å². The topological polar surface area (TPSA) is 81.8 Å². The lowest BCUT2D eigenvalue weighted by Crippen LogP contribution is -2.46. The number of hydrogen-bond donors (Lipinski definition) is 2. The molecule has 7 nitrogen and oxygen atoms in total. The van der Waals surface area contributed by atoms with E-state index in [2.05, 4.69) is 26.8 Å². The maximum atomic E-state index is 13.8. The van der Waals surface area contributed by atoms with Gasteiger partial charge in [-0.15, -0.1) is 0 Å². The van der Waals surface area contributed by atoms with Crippen molar-refractivity contribution in [3.8, 4) is 0 Å². The van der Waals surface area contributed by atoms with E-state index in [0.717, 1.165) is 56.1 Å². The molecule has 1 aliphatic heterocycles. The summed E-state index contributed by atoms with van der Waals surface area (Å²) in [6, 6.07) is 9.77. The first-order valence-electron chi connectivity index (χ1n) is 10.4. The van der Waals surface area contributed by atoms with Gasteiger partial charge in [0.05, 0.1) is 6.04 Å². The highest BCUT2D eigenvalue weighted by Crippen LogP contribution is 2.24. The van der Waals surface area contributed by atoms with Crippen LogP contribution >= 0.6 is 0 Å². The molecule has 9 heteroatoms. The van der Waals surface area contributed by atoms with E-state index in [0.29, 0.717) is 5.69 Å². The predicted molar refractivity (Wildman–Crippen MR) is 120 cm³/mol. The van der Waals surface area contributed by atoms with Crippen LogP contribution in [0.4, 0.5) is 15.8 Å². The van der Waals surface area contributed by atoms with E-state index < -0.39 is 32.7 Å². The fraction of sp³-hybridized carbons (Fsp3) is 0.409. The van der Waals surface area contributed by atoms with E-state index >= 15 is 0 Å². The average Bonchev–Trinajstić information content (AvgIpc) is 2.75. The first-order chi connectivity index (χ1) is 14.7. The number of rotatable bonds is 7. The Hall–Kier alpha value is -2.49. The molecule has 0 aromatic heterocycles. The second-order valence-corrected chi connectivity index (χ2v) is 9.37. The average molecular weight is 449 g/mol. The van der Waals surface area contributed by atoms with E-state index in [4.69, 9.17) is 0 Å². The molecule has 2 N–H and O–H groups in total. The molecule has 0 bridgehead atoms. The zero-order valence-corrected chi connectivity index (χ0v) is 18.9.